The number of nitrogens with one attached hydrogen (secondary N) is 1. The third-order valence-corrected chi connectivity index (χ3v) is 3.89. The zero-order chi connectivity index (χ0) is 12.5. The van der Waals surface area contributed by atoms with Gasteiger partial charge in [-0.25, -0.2) is 9.67 Å². The van der Waals surface area contributed by atoms with Gasteiger partial charge >= 0.3 is 5.97 Å². The van der Waals surface area contributed by atoms with E-state index in [1.807, 2.05) is 4.68 Å². The SMILES string of the molecule is O=C(O)C1CCn2nc(C3CCCNC3)nc2C1. The van der Waals surface area contributed by atoms with Crippen LogP contribution < -0.4 is 5.32 Å². The number of fused-ring (bicyclic) bond motifs is 1. The van der Waals surface area contributed by atoms with Crippen LogP contribution in [0.25, 0.3) is 0 Å². The minimum atomic E-state index is -0.717. The van der Waals surface area contributed by atoms with E-state index in [1.54, 1.807) is 0 Å². The number of aliphatic carboxylic acids is 1. The smallest absolute Gasteiger partial charge is 0.307 e. The molecule has 2 aliphatic rings. The van der Waals surface area contributed by atoms with Crippen LogP contribution in [0.5, 0.6) is 0 Å². The molecule has 1 fully saturated rings. The Morgan fingerprint density at radius 1 is 1.44 bits per heavy atom. The van der Waals surface area contributed by atoms with E-state index < -0.39 is 5.97 Å². The van der Waals surface area contributed by atoms with Crippen LogP contribution in [0.1, 0.15) is 36.8 Å². The van der Waals surface area contributed by atoms with Crippen molar-refractivity contribution in [2.45, 2.75) is 38.1 Å². The van der Waals surface area contributed by atoms with E-state index in [9.17, 15) is 4.79 Å². The third-order valence-electron chi connectivity index (χ3n) is 3.89. The number of aryl methyl sites for hydroxylation is 1. The van der Waals surface area contributed by atoms with E-state index in [2.05, 4.69) is 15.4 Å². The number of piperidine rings is 1. The van der Waals surface area contributed by atoms with Gasteiger partial charge in [-0.15, -0.1) is 0 Å². The molecular weight excluding hydrogens is 232 g/mol. The summed E-state index contributed by atoms with van der Waals surface area (Å²) >= 11 is 0. The molecule has 0 amide bonds. The molecule has 1 saturated heterocycles. The number of hydrogen-bond donors (Lipinski definition) is 2. The van der Waals surface area contributed by atoms with E-state index in [4.69, 9.17) is 5.11 Å². The molecule has 0 aliphatic carbocycles. The molecule has 0 spiro atoms. The highest BCUT2D eigenvalue weighted by atomic mass is 16.4. The summed E-state index contributed by atoms with van der Waals surface area (Å²) in [5, 5.41) is 17.0. The maximum Gasteiger partial charge on any atom is 0.307 e. The zero-order valence-corrected chi connectivity index (χ0v) is 10.3. The second kappa shape index (κ2) is 4.68. The Kier molecular flexibility index (Phi) is 3.03. The summed E-state index contributed by atoms with van der Waals surface area (Å²) in [6.07, 6.45) is 3.46. The molecule has 0 bridgehead atoms. The molecule has 2 N–H and O–H groups in total. The number of hydrogen-bond acceptors (Lipinski definition) is 4. The van der Waals surface area contributed by atoms with Crippen molar-refractivity contribution in [1.29, 1.82) is 0 Å². The zero-order valence-electron chi connectivity index (χ0n) is 10.3. The van der Waals surface area contributed by atoms with Crippen molar-refractivity contribution in [2.24, 2.45) is 5.92 Å². The molecule has 2 atom stereocenters. The molecule has 0 radical (unpaired) electrons. The van der Waals surface area contributed by atoms with E-state index in [-0.39, 0.29) is 5.92 Å². The maximum atomic E-state index is 11.0. The molecule has 1 aromatic rings. The second-order valence-corrected chi connectivity index (χ2v) is 5.18. The Hall–Kier alpha value is -1.43. The molecule has 6 nitrogen and oxygen atoms in total. The quantitative estimate of drug-likeness (QED) is 0.793. The van der Waals surface area contributed by atoms with Gasteiger partial charge in [0.05, 0.1) is 5.92 Å². The Bertz CT molecular complexity index is 451. The fourth-order valence-electron chi connectivity index (χ4n) is 2.78. The van der Waals surface area contributed by atoms with E-state index in [0.29, 0.717) is 25.3 Å². The molecule has 98 valence electrons. The lowest BCUT2D eigenvalue weighted by molar-refractivity contribution is -0.142. The Labute approximate surface area is 105 Å². The summed E-state index contributed by atoms with van der Waals surface area (Å²) in [6, 6.07) is 0. The van der Waals surface area contributed by atoms with Crippen LogP contribution in [-0.2, 0) is 17.8 Å². The van der Waals surface area contributed by atoms with Gasteiger partial charge in [0.15, 0.2) is 5.82 Å². The molecule has 3 rings (SSSR count). The average molecular weight is 250 g/mol. The molecule has 3 heterocycles. The Morgan fingerprint density at radius 3 is 3.06 bits per heavy atom. The first-order valence-electron chi connectivity index (χ1n) is 6.61. The fourth-order valence-corrected chi connectivity index (χ4v) is 2.78. The first-order valence-corrected chi connectivity index (χ1v) is 6.61. The number of carboxylic acids is 1. The number of carbonyl (C=O) groups is 1. The van der Waals surface area contributed by atoms with Gasteiger partial charge in [0.2, 0.25) is 0 Å². The van der Waals surface area contributed by atoms with Crippen molar-refractivity contribution in [2.75, 3.05) is 13.1 Å². The van der Waals surface area contributed by atoms with Crippen LogP contribution in [0, 0.1) is 5.92 Å². The molecule has 0 aromatic carbocycles. The normalized spacial score (nSPS) is 27.8. The van der Waals surface area contributed by atoms with E-state index >= 15 is 0 Å². The summed E-state index contributed by atoms with van der Waals surface area (Å²) in [5.74, 6) is 1.11. The minimum absolute atomic E-state index is 0.293. The summed E-state index contributed by atoms with van der Waals surface area (Å²) in [5.41, 5.74) is 0. The Morgan fingerprint density at radius 2 is 2.33 bits per heavy atom. The lowest BCUT2D eigenvalue weighted by atomic mass is 9.98. The summed E-state index contributed by atoms with van der Waals surface area (Å²) in [4.78, 5) is 15.6. The van der Waals surface area contributed by atoms with Crippen LogP contribution in [-0.4, -0.2) is 38.9 Å². The molecular formula is C12H18N4O2. The monoisotopic (exact) mass is 250 g/mol. The molecule has 1 aromatic heterocycles. The minimum Gasteiger partial charge on any atom is -0.481 e. The van der Waals surface area contributed by atoms with Gasteiger partial charge in [-0.05, 0) is 25.8 Å². The van der Waals surface area contributed by atoms with Gasteiger partial charge in [0, 0.05) is 25.4 Å². The molecule has 18 heavy (non-hydrogen) atoms. The molecule has 2 aliphatic heterocycles. The largest absolute Gasteiger partial charge is 0.481 e. The maximum absolute atomic E-state index is 11.0. The molecule has 6 heteroatoms. The molecule has 2 unspecified atom stereocenters. The second-order valence-electron chi connectivity index (χ2n) is 5.18. The lowest BCUT2D eigenvalue weighted by Gasteiger charge is -2.19. The van der Waals surface area contributed by atoms with Crippen molar-refractivity contribution >= 4 is 5.97 Å². The number of carboxylic acid groups (broad SMARTS) is 1. The van der Waals surface area contributed by atoms with Crippen molar-refractivity contribution in [3.05, 3.63) is 11.6 Å². The summed E-state index contributed by atoms with van der Waals surface area (Å²) in [6.45, 7) is 2.69. The van der Waals surface area contributed by atoms with Gasteiger partial charge in [-0.1, -0.05) is 0 Å². The number of nitrogens with zero attached hydrogens (tertiary/aromatic N) is 3. The van der Waals surface area contributed by atoms with Gasteiger partial charge < -0.3 is 10.4 Å². The third kappa shape index (κ3) is 2.12. The van der Waals surface area contributed by atoms with Crippen LogP contribution in [0.4, 0.5) is 0 Å². The van der Waals surface area contributed by atoms with Gasteiger partial charge in [0.1, 0.15) is 5.82 Å². The van der Waals surface area contributed by atoms with Crippen molar-refractivity contribution in [3.8, 4) is 0 Å². The summed E-state index contributed by atoms with van der Waals surface area (Å²) < 4.78 is 1.89. The van der Waals surface area contributed by atoms with Gasteiger partial charge in [-0.3, -0.25) is 4.79 Å². The van der Waals surface area contributed by atoms with Crippen molar-refractivity contribution in [3.63, 3.8) is 0 Å². The van der Waals surface area contributed by atoms with Crippen LogP contribution in [0.2, 0.25) is 0 Å². The summed E-state index contributed by atoms with van der Waals surface area (Å²) in [7, 11) is 0. The van der Waals surface area contributed by atoms with Gasteiger partial charge in [0.25, 0.3) is 0 Å². The van der Waals surface area contributed by atoms with Crippen LogP contribution in [0.15, 0.2) is 0 Å². The lowest BCUT2D eigenvalue weighted by Crippen LogP contribution is -2.29. The average Bonchev–Trinajstić information content (AvgIpc) is 2.82. The highest BCUT2D eigenvalue weighted by Gasteiger charge is 2.28. The predicted octanol–water partition coefficient (Wildman–Crippen LogP) is 0.392. The van der Waals surface area contributed by atoms with Crippen LogP contribution >= 0.6 is 0 Å². The van der Waals surface area contributed by atoms with E-state index in [1.165, 1.54) is 0 Å². The van der Waals surface area contributed by atoms with Crippen LogP contribution in [0.3, 0.4) is 0 Å². The van der Waals surface area contributed by atoms with Crippen molar-refractivity contribution in [1.82, 2.24) is 20.1 Å². The first-order chi connectivity index (χ1) is 8.74. The number of rotatable bonds is 2. The Balaban J connectivity index is 1.78. The predicted molar refractivity (Wildman–Crippen MR) is 64.3 cm³/mol. The topological polar surface area (TPSA) is 80.0 Å². The fraction of sp³-hybridized carbons (Fsp3) is 0.750. The number of aromatic nitrogens is 3. The first kappa shape index (κ1) is 11.6. The standard InChI is InChI=1S/C12H18N4O2/c17-12(18)8-3-5-16-10(6-8)14-11(15-16)9-2-1-4-13-7-9/h8-9,13H,1-7H2,(H,17,18). The highest BCUT2D eigenvalue weighted by Crippen LogP contribution is 2.24. The van der Waals surface area contributed by atoms with Gasteiger partial charge in [-0.2, -0.15) is 5.10 Å². The van der Waals surface area contributed by atoms with E-state index in [0.717, 1.165) is 37.6 Å². The van der Waals surface area contributed by atoms with Crippen molar-refractivity contribution < 1.29 is 9.90 Å². The highest BCUT2D eigenvalue weighted by molar-refractivity contribution is 5.70. The molecule has 0 saturated carbocycles.